The molecule has 7 heteroatoms. The first kappa shape index (κ1) is 19.7. The summed E-state index contributed by atoms with van der Waals surface area (Å²) in [4.78, 5) is 25.4. The van der Waals surface area contributed by atoms with E-state index in [9.17, 15) is 9.59 Å². The van der Waals surface area contributed by atoms with Crippen molar-refractivity contribution in [3.05, 3.63) is 42.1 Å². The van der Waals surface area contributed by atoms with Crippen molar-refractivity contribution in [1.82, 2.24) is 14.7 Å². The molecule has 0 bridgehead atoms. The standard InChI is InChI=1S/C19H26N4O3/c1-15(24)16-6-4-7-17(14-16)26-13-5-8-19(25)20-18-9-10-23(21-18)12-11-22(2)3/h4,6-7,9-10,14H,5,8,11-13H2,1-3H3,(H,20,21,25). The number of anilines is 1. The lowest BCUT2D eigenvalue weighted by Gasteiger charge is -2.09. The largest absolute Gasteiger partial charge is 0.494 e. The number of carbonyl (C=O) groups excluding carboxylic acids is 2. The number of nitrogens with zero attached hydrogens (tertiary/aromatic N) is 3. The summed E-state index contributed by atoms with van der Waals surface area (Å²) in [7, 11) is 4.01. The quantitative estimate of drug-likeness (QED) is 0.521. The molecule has 1 aromatic carbocycles. The molecule has 26 heavy (non-hydrogen) atoms. The maximum atomic E-state index is 12.0. The van der Waals surface area contributed by atoms with Crippen LogP contribution in [-0.2, 0) is 11.3 Å². The van der Waals surface area contributed by atoms with Gasteiger partial charge in [0.25, 0.3) is 0 Å². The van der Waals surface area contributed by atoms with Gasteiger partial charge in [0.2, 0.25) is 5.91 Å². The molecule has 2 rings (SSSR count). The molecule has 0 unspecified atom stereocenters. The molecular formula is C19H26N4O3. The molecule has 0 saturated heterocycles. The Balaban J connectivity index is 1.69. The lowest BCUT2D eigenvalue weighted by atomic mass is 10.1. The van der Waals surface area contributed by atoms with Crippen LogP contribution in [0, 0.1) is 0 Å². The first-order valence-electron chi connectivity index (χ1n) is 8.66. The minimum absolute atomic E-state index is 0.000142. The molecule has 0 radical (unpaired) electrons. The van der Waals surface area contributed by atoms with Gasteiger partial charge >= 0.3 is 0 Å². The number of amides is 1. The monoisotopic (exact) mass is 358 g/mol. The Bertz CT molecular complexity index is 740. The predicted molar refractivity (Wildman–Crippen MR) is 101 cm³/mol. The number of ether oxygens (including phenoxy) is 1. The fourth-order valence-corrected chi connectivity index (χ4v) is 2.29. The lowest BCUT2D eigenvalue weighted by Crippen LogP contribution is -2.19. The van der Waals surface area contributed by atoms with Crippen LogP contribution >= 0.6 is 0 Å². The third-order valence-corrected chi connectivity index (χ3v) is 3.74. The minimum Gasteiger partial charge on any atom is -0.494 e. The highest BCUT2D eigenvalue weighted by Gasteiger charge is 2.06. The first-order chi connectivity index (χ1) is 12.4. The predicted octanol–water partition coefficient (Wildman–Crippen LogP) is 2.45. The molecule has 7 nitrogen and oxygen atoms in total. The summed E-state index contributed by atoms with van der Waals surface area (Å²) in [5.41, 5.74) is 0.616. The molecule has 0 aliphatic carbocycles. The normalized spacial score (nSPS) is 10.8. The smallest absolute Gasteiger partial charge is 0.225 e. The van der Waals surface area contributed by atoms with E-state index in [0.717, 1.165) is 13.1 Å². The Labute approximate surface area is 153 Å². The molecule has 0 saturated carbocycles. The van der Waals surface area contributed by atoms with E-state index in [1.54, 1.807) is 35.0 Å². The number of hydrogen-bond donors (Lipinski definition) is 1. The maximum absolute atomic E-state index is 12.0. The second-order valence-electron chi connectivity index (χ2n) is 6.35. The van der Waals surface area contributed by atoms with Crippen molar-refractivity contribution in [2.24, 2.45) is 0 Å². The fraction of sp³-hybridized carbons (Fsp3) is 0.421. The van der Waals surface area contributed by atoms with Crippen molar-refractivity contribution < 1.29 is 14.3 Å². The first-order valence-corrected chi connectivity index (χ1v) is 8.66. The van der Waals surface area contributed by atoms with E-state index < -0.39 is 0 Å². The van der Waals surface area contributed by atoms with E-state index in [1.165, 1.54) is 6.92 Å². The van der Waals surface area contributed by atoms with Gasteiger partial charge in [-0.1, -0.05) is 12.1 Å². The van der Waals surface area contributed by atoms with Gasteiger partial charge in [-0.2, -0.15) is 5.10 Å². The summed E-state index contributed by atoms with van der Waals surface area (Å²) in [5, 5.41) is 7.11. The van der Waals surface area contributed by atoms with Gasteiger partial charge in [0.15, 0.2) is 11.6 Å². The Hall–Kier alpha value is -2.67. The number of benzene rings is 1. The van der Waals surface area contributed by atoms with E-state index >= 15 is 0 Å². The number of Topliss-reactive ketones (excluding diaryl/α,β-unsaturated/α-hetero) is 1. The summed E-state index contributed by atoms with van der Waals surface area (Å²) in [6.45, 7) is 3.59. The topological polar surface area (TPSA) is 76.5 Å². The van der Waals surface area contributed by atoms with Crippen LogP contribution in [0.3, 0.4) is 0 Å². The molecule has 0 aliphatic rings. The zero-order chi connectivity index (χ0) is 18.9. The van der Waals surface area contributed by atoms with Crippen LogP contribution in [0.2, 0.25) is 0 Å². The molecule has 1 aromatic heterocycles. The van der Waals surface area contributed by atoms with Gasteiger partial charge in [0, 0.05) is 30.8 Å². The van der Waals surface area contributed by atoms with Crippen LogP contribution in [0.5, 0.6) is 5.75 Å². The molecule has 2 aromatic rings. The number of nitrogens with one attached hydrogen (secondary N) is 1. The maximum Gasteiger partial charge on any atom is 0.225 e. The Morgan fingerprint density at radius 1 is 1.27 bits per heavy atom. The van der Waals surface area contributed by atoms with E-state index in [1.807, 2.05) is 20.3 Å². The number of ketones is 1. The second-order valence-corrected chi connectivity index (χ2v) is 6.35. The summed E-state index contributed by atoms with van der Waals surface area (Å²) < 4.78 is 7.41. The van der Waals surface area contributed by atoms with Gasteiger partial charge in [0.1, 0.15) is 5.75 Å². The Morgan fingerprint density at radius 2 is 2.08 bits per heavy atom. The van der Waals surface area contributed by atoms with E-state index in [4.69, 9.17) is 4.74 Å². The third-order valence-electron chi connectivity index (χ3n) is 3.74. The molecule has 0 atom stereocenters. The van der Waals surface area contributed by atoms with Crippen LogP contribution in [0.1, 0.15) is 30.1 Å². The zero-order valence-corrected chi connectivity index (χ0v) is 15.6. The highest BCUT2D eigenvalue weighted by Crippen LogP contribution is 2.14. The van der Waals surface area contributed by atoms with Gasteiger partial charge in [-0.3, -0.25) is 14.3 Å². The number of aromatic nitrogens is 2. The Kier molecular flexibility index (Phi) is 7.35. The van der Waals surface area contributed by atoms with E-state index in [2.05, 4.69) is 15.3 Å². The summed E-state index contributed by atoms with van der Waals surface area (Å²) in [5.74, 6) is 1.10. The fourth-order valence-electron chi connectivity index (χ4n) is 2.29. The number of carbonyl (C=O) groups is 2. The Morgan fingerprint density at radius 3 is 2.81 bits per heavy atom. The van der Waals surface area contributed by atoms with Gasteiger partial charge in [0.05, 0.1) is 13.2 Å². The molecule has 0 spiro atoms. The van der Waals surface area contributed by atoms with E-state index in [-0.39, 0.29) is 11.7 Å². The molecule has 0 aliphatic heterocycles. The van der Waals surface area contributed by atoms with E-state index in [0.29, 0.717) is 36.6 Å². The van der Waals surface area contributed by atoms with Gasteiger partial charge in [-0.05, 0) is 39.6 Å². The van der Waals surface area contributed by atoms with Crippen LogP contribution < -0.4 is 10.1 Å². The summed E-state index contributed by atoms with van der Waals surface area (Å²) in [6.07, 6.45) is 2.78. The molecule has 140 valence electrons. The minimum atomic E-state index is -0.0936. The average molecular weight is 358 g/mol. The molecular weight excluding hydrogens is 332 g/mol. The SMILES string of the molecule is CC(=O)c1cccc(OCCCC(=O)Nc2ccn(CCN(C)C)n2)c1. The summed E-state index contributed by atoms with van der Waals surface area (Å²) >= 11 is 0. The van der Waals surface area contributed by atoms with Crippen LogP contribution in [0.15, 0.2) is 36.5 Å². The molecule has 0 fully saturated rings. The average Bonchev–Trinajstić information content (AvgIpc) is 3.04. The van der Waals surface area contributed by atoms with Crippen LogP contribution in [0.4, 0.5) is 5.82 Å². The number of hydrogen-bond acceptors (Lipinski definition) is 5. The van der Waals surface area contributed by atoms with Crippen molar-refractivity contribution >= 4 is 17.5 Å². The molecule has 1 heterocycles. The molecule has 1 N–H and O–H groups in total. The summed E-state index contributed by atoms with van der Waals surface area (Å²) in [6, 6.07) is 8.83. The van der Waals surface area contributed by atoms with Crippen molar-refractivity contribution in [2.45, 2.75) is 26.3 Å². The van der Waals surface area contributed by atoms with Gasteiger partial charge < -0.3 is 15.0 Å². The number of rotatable bonds is 10. The molecule has 1 amide bonds. The third kappa shape index (κ3) is 6.68. The van der Waals surface area contributed by atoms with Crippen LogP contribution in [0.25, 0.3) is 0 Å². The van der Waals surface area contributed by atoms with Crippen molar-refractivity contribution in [2.75, 3.05) is 32.6 Å². The zero-order valence-electron chi connectivity index (χ0n) is 15.6. The number of likely N-dealkylation sites (N-methyl/N-ethyl adjacent to an activating group) is 1. The highest BCUT2D eigenvalue weighted by atomic mass is 16.5. The highest BCUT2D eigenvalue weighted by molar-refractivity contribution is 5.94. The van der Waals surface area contributed by atoms with Crippen LogP contribution in [-0.4, -0.2) is 53.6 Å². The lowest BCUT2D eigenvalue weighted by molar-refractivity contribution is -0.116. The van der Waals surface area contributed by atoms with Crippen molar-refractivity contribution in [3.8, 4) is 5.75 Å². The van der Waals surface area contributed by atoms with Crippen molar-refractivity contribution in [3.63, 3.8) is 0 Å². The van der Waals surface area contributed by atoms with Gasteiger partial charge in [-0.25, -0.2) is 0 Å². The van der Waals surface area contributed by atoms with Crippen molar-refractivity contribution in [1.29, 1.82) is 0 Å². The second kappa shape index (κ2) is 9.72. The van der Waals surface area contributed by atoms with Gasteiger partial charge in [-0.15, -0.1) is 0 Å².